The molecule has 2 rings (SSSR count). The molecule has 5 heteroatoms. The number of amides is 1. The molecular formula is C13H23NO4. The largest absolute Gasteiger partial charge is 0.382 e. The minimum Gasteiger partial charge on any atom is -0.382 e. The lowest BCUT2D eigenvalue weighted by atomic mass is 9.79. The van der Waals surface area contributed by atoms with E-state index in [9.17, 15) is 4.79 Å². The first-order valence-corrected chi connectivity index (χ1v) is 6.70. The van der Waals surface area contributed by atoms with Crippen molar-refractivity contribution in [3.8, 4) is 0 Å². The van der Waals surface area contributed by atoms with E-state index in [0.29, 0.717) is 19.0 Å². The maximum atomic E-state index is 11.7. The number of hydrogen-bond acceptors (Lipinski definition) is 4. The number of hydrogen-bond donors (Lipinski definition) is 0. The summed E-state index contributed by atoms with van der Waals surface area (Å²) in [4.78, 5) is 13.5. The SMILES string of the molecule is CCOCCC1CCOC12CN(C(=O)COC)C2. The molecule has 0 aromatic heterocycles. The van der Waals surface area contributed by atoms with Crippen molar-refractivity contribution in [3.63, 3.8) is 0 Å². The monoisotopic (exact) mass is 257 g/mol. The van der Waals surface area contributed by atoms with Crippen molar-refractivity contribution in [2.24, 2.45) is 5.92 Å². The van der Waals surface area contributed by atoms with Gasteiger partial charge in [0.25, 0.3) is 0 Å². The molecule has 1 spiro atoms. The molecule has 0 N–H and O–H groups in total. The molecule has 2 heterocycles. The van der Waals surface area contributed by atoms with Gasteiger partial charge in [-0.1, -0.05) is 0 Å². The third-order valence-electron chi connectivity index (χ3n) is 3.95. The molecule has 2 aliphatic rings. The third-order valence-corrected chi connectivity index (χ3v) is 3.95. The lowest BCUT2D eigenvalue weighted by Gasteiger charge is -2.50. The van der Waals surface area contributed by atoms with Crippen LogP contribution in [0.25, 0.3) is 0 Å². The molecule has 2 fully saturated rings. The second kappa shape index (κ2) is 5.99. The lowest BCUT2D eigenvalue weighted by molar-refractivity contribution is -0.169. The minimum atomic E-state index is -0.0967. The van der Waals surface area contributed by atoms with Crippen molar-refractivity contribution >= 4 is 5.91 Å². The zero-order valence-electron chi connectivity index (χ0n) is 11.3. The van der Waals surface area contributed by atoms with E-state index in [2.05, 4.69) is 0 Å². The van der Waals surface area contributed by atoms with Crippen LogP contribution in [0, 0.1) is 5.92 Å². The Morgan fingerprint density at radius 3 is 2.94 bits per heavy atom. The number of nitrogens with zero attached hydrogens (tertiary/aromatic N) is 1. The van der Waals surface area contributed by atoms with Gasteiger partial charge in [-0.15, -0.1) is 0 Å². The molecule has 0 bridgehead atoms. The summed E-state index contributed by atoms with van der Waals surface area (Å²) in [6, 6.07) is 0. The third kappa shape index (κ3) is 2.68. The van der Waals surface area contributed by atoms with Gasteiger partial charge < -0.3 is 19.1 Å². The Labute approximate surface area is 108 Å². The first-order valence-electron chi connectivity index (χ1n) is 6.70. The predicted octanol–water partition coefficient (Wildman–Crippen LogP) is 0.677. The Kier molecular flexibility index (Phi) is 4.59. The Bertz CT molecular complexity index is 289. The van der Waals surface area contributed by atoms with Crippen LogP contribution in [0.4, 0.5) is 0 Å². The molecule has 0 radical (unpaired) electrons. The fourth-order valence-corrected chi connectivity index (χ4v) is 2.90. The van der Waals surface area contributed by atoms with E-state index in [0.717, 1.165) is 32.7 Å². The topological polar surface area (TPSA) is 48.0 Å². The molecule has 1 atom stereocenters. The molecule has 0 saturated carbocycles. The standard InChI is InChI=1S/C13H23NO4/c1-3-17-6-4-11-5-7-18-13(11)9-14(10-13)12(15)8-16-2/h11H,3-10H2,1-2H3. The highest BCUT2D eigenvalue weighted by atomic mass is 16.5. The second-order valence-corrected chi connectivity index (χ2v) is 5.07. The van der Waals surface area contributed by atoms with Crippen LogP contribution in [0.3, 0.4) is 0 Å². The van der Waals surface area contributed by atoms with Gasteiger partial charge in [0.2, 0.25) is 5.91 Å². The van der Waals surface area contributed by atoms with E-state index in [1.165, 1.54) is 0 Å². The summed E-state index contributed by atoms with van der Waals surface area (Å²) in [6.45, 7) is 5.97. The van der Waals surface area contributed by atoms with Gasteiger partial charge in [0.05, 0.1) is 13.1 Å². The summed E-state index contributed by atoms with van der Waals surface area (Å²) < 4.78 is 16.2. The maximum absolute atomic E-state index is 11.7. The molecule has 104 valence electrons. The normalized spacial score (nSPS) is 25.4. The van der Waals surface area contributed by atoms with Gasteiger partial charge in [0.15, 0.2) is 0 Å². The average molecular weight is 257 g/mol. The number of rotatable bonds is 6. The Morgan fingerprint density at radius 1 is 1.50 bits per heavy atom. The van der Waals surface area contributed by atoms with Crippen LogP contribution in [0.2, 0.25) is 0 Å². The Morgan fingerprint density at radius 2 is 2.28 bits per heavy atom. The molecule has 5 nitrogen and oxygen atoms in total. The number of carbonyl (C=O) groups excluding carboxylic acids is 1. The quantitative estimate of drug-likeness (QED) is 0.656. The van der Waals surface area contributed by atoms with Gasteiger partial charge in [-0.25, -0.2) is 0 Å². The number of ether oxygens (including phenoxy) is 3. The zero-order chi connectivity index (χ0) is 13.0. The zero-order valence-corrected chi connectivity index (χ0v) is 11.3. The van der Waals surface area contributed by atoms with E-state index >= 15 is 0 Å². The van der Waals surface area contributed by atoms with Crippen molar-refractivity contribution < 1.29 is 19.0 Å². The average Bonchev–Trinajstić information content (AvgIpc) is 2.71. The van der Waals surface area contributed by atoms with E-state index in [4.69, 9.17) is 14.2 Å². The van der Waals surface area contributed by atoms with E-state index in [1.807, 2.05) is 11.8 Å². The van der Waals surface area contributed by atoms with Crippen LogP contribution in [0.15, 0.2) is 0 Å². The summed E-state index contributed by atoms with van der Waals surface area (Å²) in [5.41, 5.74) is -0.0967. The highest BCUT2D eigenvalue weighted by Gasteiger charge is 2.53. The maximum Gasteiger partial charge on any atom is 0.248 e. The Balaban J connectivity index is 1.80. The first-order chi connectivity index (χ1) is 8.72. The molecule has 2 aliphatic heterocycles. The van der Waals surface area contributed by atoms with Crippen molar-refractivity contribution in [2.75, 3.05) is 46.6 Å². The highest BCUT2D eigenvalue weighted by molar-refractivity contribution is 5.78. The summed E-state index contributed by atoms with van der Waals surface area (Å²) in [5, 5.41) is 0. The van der Waals surface area contributed by atoms with Gasteiger partial charge in [-0.2, -0.15) is 0 Å². The molecule has 18 heavy (non-hydrogen) atoms. The van der Waals surface area contributed by atoms with Crippen LogP contribution in [-0.4, -0.2) is 63.0 Å². The van der Waals surface area contributed by atoms with Gasteiger partial charge in [0, 0.05) is 26.9 Å². The molecule has 1 amide bonds. The fraction of sp³-hybridized carbons (Fsp3) is 0.923. The van der Waals surface area contributed by atoms with E-state index < -0.39 is 0 Å². The summed E-state index contributed by atoms with van der Waals surface area (Å²) in [5.74, 6) is 0.581. The smallest absolute Gasteiger partial charge is 0.248 e. The van der Waals surface area contributed by atoms with E-state index in [-0.39, 0.29) is 18.1 Å². The molecular weight excluding hydrogens is 234 g/mol. The Hall–Kier alpha value is -0.650. The summed E-state index contributed by atoms with van der Waals surface area (Å²) >= 11 is 0. The van der Waals surface area contributed by atoms with Crippen molar-refractivity contribution in [1.82, 2.24) is 4.90 Å². The minimum absolute atomic E-state index is 0.0576. The van der Waals surface area contributed by atoms with Crippen molar-refractivity contribution in [2.45, 2.75) is 25.4 Å². The molecule has 0 aromatic carbocycles. The van der Waals surface area contributed by atoms with Crippen molar-refractivity contribution in [1.29, 1.82) is 0 Å². The molecule has 1 unspecified atom stereocenters. The highest BCUT2D eigenvalue weighted by Crippen LogP contribution is 2.41. The van der Waals surface area contributed by atoms with Crippen molar-refractivity contribution in [3.05, 3.63) is 0 Å². The second-order valence-electron chi connectivity index (χ2n) is 5.07. The molecule has 0 aliphatic carbocycles. The van der Waals surface area contributed by atoms with Gasteiger partial charge >= 0.3 is 0 Å². The van der Waals surface area contributed by atoms with Crippen LogP contribution in [0.1, 0.15) is 19.8 Å². The van der Waals surface area contributed by atoms with Gasteiger partial charge in [-0.3, -0.25) is 4.79 Å². The summed E-state index contributed by atoms with van der Waals surface area (Å²) in [7, 11) is 1.55. The number of methoxy groups -OCH3 is 1. The van der Waals surface area contributed by atoms with Gasteiger partial charge in [0.1, 0.15) is 12.2 Å². The molecule has 2 saturated heterocycles. The molecule has 0 aromatic rings. The lowest BCUT2D eigenvalue weighted by Crippen LogP contribution is -2.66. The van der Waals surface area contributed by atoms with Crippen LogP contribution >= 0.6 is 0 Å². The number of carbonyl (C=O) groups is 1. The first kappa shape index (κ1) is 13.8. The predicted molar refractivity (Wildman–Crippen MR) is 66.4 cm³/mol. The fourth-order valence-electron chi connectivity index (χ4n) is 2.90. The van der Waals surface area contributed by atoms with Gasteiger partial charge in [-0.05, 0) is 25.7 Å². The van der Waals surface area contributed by atoms with E-state index in [1.54, 1.807) is 7.11 Å². The van der Waals surface area contributed by atoms with Crippen LogP contribution in [0.5, 0.6) is 0 Å². The van der Waals surface area contributed by atoms with Crippen LogP contribution < -0.4 is 0 Å². The summed E-state index contributed by atoms with van der Waals surface area (Å²) in [6.07, 6.45) is 2.11. The van der Waals surface area contributed by atoms with Crippen LogP contribution in [-0.2, 0) is 19.0 Å². The number of likely N-dealkylation sites (tertiary alicyclic amines) is 1.